The van der Waals surface area contributed by atoms with Crippen molar-refractivity contribution in [3.8, 4) is 0 Å². The lowest BCUT2D eigenvalue weighted by atomic mass is 10.1. The molecule has 1 aliphatic rings. The predicted molar refractivity (Wildman–Crippen MR) is 122 cm³/mol. The molecule has 0 radical (unpaired) electrons. The molecule has 2 aromatic rings. The van der Waals surface area contributed by atoms with E-state index >= 15 is 0 Å². The number of nitrogens with one attached hydrogen (secondary N) is 1. The Labute approximate surface area is 176 Å². The number of thioether (sulfide) groups is 1. The summed E-state index contributed by atoms with van der Waals surface area (Å²) in [5.74, 6) is -0.260. The van der Waals surface area contributed by atoms with Crippen molar-refractivity contribution in [2.24, 2.45) is 0 Å². The van der Waals surface area contributed by atoms with Gasteiger partial charge in [-0.2, -0.15) is 0 Å². The Balaban J connectivity index is 1.61. The zero-order valence-electron chi connectivity index (χ0n) is 17.1. The lowest BCUT2D eigenvalue weighted by Gasteiger charge is -2.14. The predicted octanol–water partition coefficient (Wildman–Crippen LogP) is 5.20. The second kappa shape index (κ2) is 9.65. The molecule has 1 saturated heterocycles. The Morgan fingerprint density at radius 3 is 2.34 bits per heavy atom. The molecule has 1 N–H and O–H groups in total. The quantitative estimate of drug-likeness (QED) is 0.607. The Morgan fingerprint density at radius 2 is 1.72 bits per heavy atom. The molecule has 0 saturated carbocycles. The molecule has 3 rings (SSSR count). The molecule has 152 valence electrons. The van der Waals surface area contributed by atoms with Crippen LogP contribution in [0, 0.1) is 0 Å². The van der Waals surface area contributed by atoms with Crippen LogP contribution in [0.2, 0.25) is 0 Å². The normalized spacial score (nSPS) is 15.3. The summed E-state index contributed by atoms with van der Waals surface area (Å²) in [6.07, 6.45) is 5.19. The molecule has 0 spiro atoms. The maximum Gasteiger partial charge on any atom is 0.295 e. The van der Waals surface area contributed by atoms with E-state index in [2.05, 4.69) is 24.4 Å². The van der Waals surface area contributed by atoms with Gasteiger partial charge in [0.2, 0.25) is 0 Å². The van der Waals surface area contributed by atoms with Gasteiger partial charge in [0.25, 0.3) is 11.1 Å². The molecule has 29 heavy (non-hydrogen) atoms. The largest absolute Gasteiger partial charge is 0.378 e. The average Bonchev–Trinajstić information content (AvgIpc) is 2.98. The molecule has 0 bridgehead atoms. The van der Waals surface area contributed by atoms with Crippen molar-refractivity contribution in [3.05, 3.63) is 64.6 Å². The van der Waals surface area contributed by atoms with E-state index in [0.29, 0.717) is 4.91 Å². The minimum Gasteiger partial charge on any atom is -0.378 e. The summed E-state index contributed by atoms with van der Waals surface area (Å²) >= 11 is 0.982. The van der Waals surface area contributed by atoms with Gasteiger partial charge >= 0.3 is 0 Å². The van der Waals surface area contributed by atoms with Crippen LogP contribution in [-0.2, 0) is 11.2 Å². The fourth-order valence-corrected chi connectivity index (χ4v) is 3.84. The number of carbonyl (C=O) groups is 2. The summed E-state index contributed by atoms with van der Waals surface area (Å²) in [5.41, 5.74) is 4.18. The maximum absolute atomic E-state index is 12.7. The zero-order valence-corrected chi connectivity index (χ0v) is 18.0. The van der Waals surface area contributed by atoms with E-state index in [1.54, 1.807) is 6.08 Å². The first-order valence-electron chi connectivity index (χ1n) is 9.83. The molecule has 1 fully saturated rings. The summed E-state index contributed by atoms with van der Waals surface area (Å²) in [6.45, 7) is 2.34. The number of anilines is 2. The van der Waals surface area contributed by atoms with Gasteiger partial charge in [0.15, 0.2) is 0 Å². The zero-order chi connectivity index (χ0) is 20.8. The van der Waals surface area contributed by atoms with Crippen LogP contribution in [0.3, 0.4) is 0 Å². The van der Waals surface area contributed by atoms with Gasteiger partial charge in [-0.15, -0.1) is 0 Å². The van der Waals surface area contributed by atoms with Crippen molar-refractivity contribution in [3.63, 3.8) is 0 Å². The SMILES string of the molecule is CCCCc1ccc(NCN2C(=O)S/C(=C/c3ccc(N(C)C)cc3)C2=O)cc1. The third kappa shape index (κ3) is 5.41. The van der Waals surface area contributed by atoms with E-state index in [1.165, 1.54) is 23.3 Å². The van der Waals surface area contributed by atoms with Gasteiger partial charge in [-0.1, -0.05) is 37.6 Å². The van der Waals surface area contributed by atoms with Gasteiger partial charge in [0, 0.05) is 25.5 Å². The van der Waals surface area contributed by atoms with Crippen LogP contribution in [0.25, 0.3) is 6.08 Å². The van der Waals surface area contributed by atoms with E-state index in [4.69, 9.17) is 0 Å². The van der Waals surface area contributed by atoms with E-state index in [-0.39, 0.29) is 17.8 Å². The summed E-state index contributed by atoms with van der Waals surface area (Å²) in [7, 11) is 3.96. The van der Waals surface area contributed by atoms with E-state index in [9.17, 15) is 9.59 Å². The second-order valence-corrected chi connectivity index (χ2v) is 8.22. The lowest BCUT2D eigenvalue weighted by Crippen LogP contribution is -2.33. The lowest BCUT2D eigenvalue weighted by molar-refractivity contribution is -0.122. The number of nitrogens with zero attached hydrogens (tertiary/aromatic N) is 2. The first-order valence-corrected chi connectivity index (χ1v) is 10.6. The summed E-state index contributed by atoms with van der Waals surface area (Å²) in [5, 5.41) is 2.92. The van der Waals surface area contributed by atoms with E-state index in [1.807, 2.05) is 55.4 Å². The topological polar surface area (TPSA) is 52.7 Å². The van der Waals surface area contributed by atoms with E-state index in [0.717, 1.165) is 35.1 Å². The van der Waals surface area contributed by atoms with Crippen LogP contribution < -0.4 is 10.2 Å². The highest BCUT2D eigenvalue weighted by atomic mass is 32.2. The third-order valence-electron chi connectivity index (χ3n) is 4.80. The van der Waals surface area contributed by atoms with Crippen LogP contribution >= 0.6 is 11.8 Å². The number of unbranched alkanes of at least 4 members (excludes halogenated alkanes) is 1. The van der Waals surface area contributed by atoms with Crippen molar-refractivity contribution in [1.82, 2.24) is 4.90 Å². The van der Waals surface area contributed by atoms with Gasteiger partial charge in [0.05, 0.1) is 11.6 Å². The highest BCUT2D eigenvalue weighted by Crippen LogP contribution is 2.32. The fourth-order valence-electron chi connectivity index (χ4n) is 3.00. The van der Waals surface area contributed by atoms with Crippen LogP contribution in [0.1, 0.15) is 30.9 Å². The Hall–Kier alpha value is -2.73. The molecule has 0 aliphatic carbocycles. The summed E-state index contributed by atoms with van der Waals surface area (Å²) in [4.78, 5) is 28.7. The Kier molecular flexibility index (Phi) is 6.99. The maximum atomic E-state index is 12.7. The highest BCUT2D eigenvalue weighted by molar-refractivity contribution is 8.18. The number of amides is 2. The monoisotopic (exact) mass is 409 g/mol. The first kappa shape index (κ1) is 21.0. The number of hydrogen-bond donors (Lipinski definition) is 1. The Bertz CT molecular complexity index is 889. The molecule has 2 aromatic carbocycles. The van der Waals surface area contributed by atoms with Gasteiger partial charge in [0.1, 0.15) is 0 Å². The van der Waals surface area contributed by atoms with Crippen molar-refractivity contribution < 1.29 is 9.59 Å². The number of aryl methyl sites for hydroxylation is 1. The van der Waals surface area contributed by atoms with Gasteiger partial charge in [-0.25, -0.2) is 0 Å². The summed E-state index contributed by atoms with van der Waals surface area (Å²) < 4.78 is 0. The van der Waals surface area contributed by atoms with Crippen molar-refractivity contribution in [2.45, 2.75) is 26.2 Å². The van der Waals surface area contributed by atoms with Gasteiger partial charge < -0.3 is 10.2 Å². The van der Waals surface area contributed by atoms with Gasteiger partial charge in [-0.3, -0.25) is 14.5 Å². The third-order valence-corrected chi connectivity index (χ3v) is 5.70. The molecule has 2 amide bonds. The summed E-state index contributed by atoms with van der Waals surface area (Å²) in [6, 6.07) is 16.0. The molecule has 0 unspecified atom stereocenters. The number of rotatable bonds is 8. The molecule has 1 aliphatic heterocycles. The smallest absolute Gasteiger partial charge is 0.295 e. The highest BCUT2D eigenvalue weighted by Gasteiger charge is 2.34. The number of benzene rings is 2. The van der Waals surface area contributed by atoms with Crippen molar-refractivity contribution in [2.75, 3.05) is 31.0 Å². The Morgan fingerprint density at radius 1 is 1.03 bits per heavy atom. The number of hydrogen-bond acceptors (Lipinski definition) is 5. The van der Waals surface area contributed by atoms with Crippen LogP contribution in [0.4, 0.5) is 16.2 Å². The second-order valence-electron chi connectivity index (χ2n) is 7.23. The molecule has 6 heteroatoms. The molecule has 0 atom stereocenters. The number of carbonyl (C=O) groups excluding carboxylic acids is 2. The van der Waals surface area contributed by atoms with Crippen molar-refractivity contribution in [1.29, 1.82) is 0 Å². The minimum absolute atomic E-state index is 0.163. The molecule has 5 nitrogen and oxygen atoms in total. The molecule has 1 heterocycles. The fraction of sp³-hybridized carbons (Fsp3) is 0.304. The average molecular weight is 410 g/mol. The van der Waals surface area contributed by atoms with Crippen LogP contribution in [0.15, 0.2) is 53.4 Å². The minimum atomic E-state index is -0.260. The van der Waals surface area contributed by atoms with E-state index < -0.39 is 0 Å². The van der Waals surface area contributed by atoms with Crippen LogP contribution in [0.5, 0.6) is 0 Å². The number of imide groups is 1. The molecular formula is C23H27N3O2S. The standard InChI is InChI=1S/C23H27N3O2S/c1-4-5-6-17-7-11-19(12-8-17)24-16-26-22(27)21(29-23(26)28)15-18-9-13-20(14-10-18)25(2)3/h7-15,24H,4-6,16H2,1-3H3/b21-15+. The first-order chi connectivity index (χ1) is 14.0. The molecular weight excluding hydrogens is 382 g/mol. The molecule has 0 aromatic heterocycles. The van der Waals surface area contributed by atoms with Crippen LogP contribution in [-0.4, -0.2) is 36.8 Å². The van der Waals surface area contributed by atoms with Crippen molar-refractivity contribution >= 4 is 40.4 Å². The van der Waals surface area contributed by atoms with Gasteiger partial charge in [-0.05, 0) is 66.1 Å².